The molecule has 0 aliphatic carbocycles. The number of amides is 1. The van der Waals surface area contributed by atoms with E-state index in [0.717, 1.165) is 11.1 Å². The van der Waals surface area contributed by atoms with Crippen LogP contribution < -0.4 is 14.8 Å². The predicted molar refractivity (Wildman–Crippen MR) is 101 cm³/mol. The predicted octanol–water partition coefficient (Wildman–Crippen LogP) is 4.33. The molecule has 2 rings (SSSR count). The second-order valence-corrected chi connectivity index (χ2v) is 6.47. The summed E-state index contributed by atoms with van der Waals surface area (Å²) in [5.74, 6) is -0.0457. The fourth-order valence-corrected chi connectivity index (χ4v) is 2.81. The smallest absolute Gasteiger partial charge is 0.387 e. The molecular formula is C19H21ClF2N2O3. The largest absolute Gasteiger partial charge is 0.493 e. The number of anilines is 1. The highest BCUT2D eigenvalue weighted by Crippen LogP contribution is 2.29. The Bertz CT molecular complexity index is 803. The number of aryl methyl sites for hydroxylation is 1. The number of benzene rings is 2. The van der Waals surface area contributed by atoms with Crippen molar-refractivity contribution < 1.29 is 23.0 Å². The number of alkyl halides is 2. The molecule has 1 amide bonds. The Morgan fingerprint density at radius 1 is 1.22 bits per heavy atom. The summed E-state index contributed by atoms with van der Waals surface area (Å²) in [6, 6.07) is 10.0. The lowest BCUT2D eigenvalue weighted by Gasteiger charge is -2.18. The fourth-order valence-electron chi connectivity index (χ4n) is 2.53. The maximum Gasteiger partial charge on any atom is 0.387 e. The summed E-state index contributed by atoms with van der Waals surface area (Å²) in [4.78, 5) is 14.0. The second kappa shape index (κ2) is 9.53. The van der Waals surface area contributed by atoms with Crippen molar-refractivity contribution in [3.05, 3.63) is 52.5 Å². The van der Waals surface area contributed by atoms with Gasteiger partial charge in [-0.25, -0.2) is 0 Å². The minimum absolute atomic E-state index is 0.0364. The fraction of sp³-hybridized carbons (Fsp3) is 0.316. The van der Waals surface area contributed by atoms with Crippen LogP contribution in [0, 0.1) is 6.92 Å². The first-order valence-corrected chi connectivity index (χ1v) is 8.52. The van der Waals surface area contributed by atoms with Gasteiger partial charge in [-0.1, -0.05) is 23.7 Å². The number of carbonyl (C=O) groups is 1. The molecule has 0 radical (unpaired) electrons. The van der Waals surface area contributed by atoms with Gasteiger partial charge in [0.05, 0.1) is 24.4 Å². The van der Waals surface area contributed by atoms with E-state index >= 15 is 0 Å². The van der Waals surface area contributed by atoms with Crippen LogP contribution in [0.15, 0.2) is 36.4 Å². The van der Waals surface area contributed by atoms with Gasteiger partial charge in [-0.05, 0) is 49.4 Å². The van der Waals surface area contributed by atoms with E-state index in [9.17, 15) is 13.6 Å². The number of nitrogens with one attached hydrogen (secondary N) is 1. The van der Waals surface area contributed by atoms with Crippen LogP contribution in [0.3, 0.4) is 0 Å². The number of nitrogens with zero attached hydrogens (tertiary/aromatic N) is 1. The van der Waals surface area contributed by atoms with Gasteiger partial charge < -0.3 is 14.8 Å². The lowest BCUT2D eigenvalue weighted by Crippen LogP contribution is -2.29. The van der Waals surface area contributed by atoms with Crippen LogP contribution in [0.5, 0.6) is 11.5 Å². The van der Waals surface area contributed by atoms with E-state index in [1.165, 1.54) is 13.2 Å². The van der Waals surface area contributed by atoms with Crippen molar-refractivity contribution >= 4 is 23.2 Å². The Morgan fingerprint density at radius 3 is 2.59 bits per heavy atom. The number of methoxy groups -OCH3 is 1. The number of ether oxygens (including phenoxy) is 2. The zero-order valence-corrected chi connectivity index (χ0v) is 16.0. The molecule has 0 spiro atoms. The molecule has 0 aliphatic rings. The van der Waals surface area contributed by atoms with E-state index in [1.807, 2.05) is 13.0 Å². The molecule has 27 heavy (non-hydrogen) atoms. The monoisotopic (exact) mass is 398 g/mol. The van der Waals surface area contributed by atoms with Gasteiger partial charge in [0.2, 0.25) is 5.91 Å². The Hall–Kier alpha value is -2.38. The molecule has 146 valence electrons. The van der Waals surface area contributed by atoms with Crippen LogP contribution >= 0.6 is 11.6 Å². The maximum atomic E-state index is 12.4. The molecule has 0 aliphatic heterocycles. The number of hydrogen-bond donors (Lipinski definition) is 1. The highest BCUT2D eigenvalue weighted by Gasteiger charge is 2.13. The molecule has 0 saturated heterocycles. The van der Waals surface area contributed by atoms with Gasteiger partial charge in [-0.3, -0.25) is 9.69 Å². The summed E-state index contributed by atoms with van der Waals surface area (Å²) in [6.07, 6.45) is 0. The molecular weight excluding hydrogens is 378 g/mol. The van der Waals surface area contributed by atoms with Crippen molar-refractivity contribution in [2.75, 3.05) is 26.0 Å². The molecule has 1 N–H and O–H groups in total. The van der Waals surface area contributed by atoms with Gasteiger partial charge in [-0.2, -0.15) is 8.78 Å². The van der Waals surface area contributed by atoms with Crippen molar-refractivity contribution in [3.63, 3.8) is 0 Å². The summed E-state index contributed by atoms with van der Waals surface area (Å²) in [5, 5.41) is 3.24. The average molecular weight is 399 g/mol. The SMILES string of the molecule is COc1cc(CN(C)CC(=O)Nc2ccc(C)cc2Cl)ccc1OC(F)F. The molecule has 2 aromatic carbocycles. The lowest BCUT2D eigenvalue weighted by atomic mass is 10.2. The average Bonchev–Trinajstić information content (AvgIpc) is 2.58. The van der Waals surface area contributed by atoms with Gasteiger partial charge in [0.15, 0.2) is 11.5 Å². The highest BCUT2D eigenvalue weighted by molar-refractivity contribution is 6.33. The van der Waals surface area contributed by atoms with Crippen LogP contribution in [0.4, 0.5) is 14.5 Å². The zero-order chi connectivity index (χ0) is 20.0. The third kappa shape index (κ3) is 6.37. The third-order valence-electron chi connectivity index (χ3n) is 3.71. The van der Waals surface area contributed by atoms with Gasteiger partial charge in [-0.15, -0.1) is 0 Å². The molecule has 5 nitrogen and oxygen atoms in total. The van der Waals surface area contributed by atoms with Crippen LogP contribution in [0.1, 0.15) is 11.1 Å². The highest BCUT2D eigenvalue weighted by atomic mass is 35.5. The molecule has 0 unspecified atom stereocenters. The maximum absolute atomic E-state index is 12.4. The third-order valence-corrected chi connectivity index (χ3v) is 4.02. The molecule has 0 saturated carbocycles. The summed E-state index contributed by atoms with van der Waals surface area (Å²) in [5.41, 5.74) is 2.34. The van der Waals surface area contributed by atoms with Gasteiger partial charge in [0, 0.05) is 6.54 Å². The zero-order valence-electron chi connectivity index (χ0n) is 15.3. The van der Waals surface area contributed by atoms with Gasteiger partial charge in [0.25, 0.3) is 0 Å². The minimum atomic E-state index is -2.93. The molecule has 0 aromatic heterocycles. The molecule has 0 heterocycles. The van der Waals surface area contributed by atoms with Crippen molar-refractivity contribution in [3.8, 4) is 11.5 Å². The quantitative estimate of drug-likeness (QED) is 0.719. The Balaban J connectivity index is 1.96. The van der Waals surface area contributed by atoms with E-state index in [2.05, 4.69) is 10.1 Å². The van der Waals surface area contributed by atoms with Crippen molar-refractivity contribution in [2.24, 2.45) is 0 Å². The van der Waals surface area contributed by atoms with Crippen molar-refractivity contribution in [2.45, 2.75) is 20.1 Å². The van der Waals surface area contributed by atoms with E-state index in [1.54, 1.807) is 36.2 Å². The van der Waals surface area contributed by atoms with Crippen LogP contribution in [-0.2, 0) is 11.3 Å². The number of halogens is 3. The molecule has 0 fully saturated rings. The topological polar surface area (TPSA) is 50.8 Å². The van der Waals surface area contributed by atoms with Crippen LogP contribution in [0.25, 0.3) is 0 Å². The van der Waals surface area contributed by atoms with E-state index in [-0.39, 0.29) is 24.0 Å². The Kier molecular flexibility index (Phi) is 7.38. The van der Waals surface area contributed by atoms with Crippen LogP contribution in [0.2, 0.25) is 5.02 Å². The standard InChI is InChI=1S/C19H21ClF2N2O3/c1-12-4-6-15(14(20)8-12)23-18(25)11-24(2)10-13-5-7-16(27-19(21)22)17(9-13)26-3/h4-9,19H,10-11H2,1-3H3,(H,23,25). The first-order chi connectivity index (χ1) is 12.8. The number of carbonyl (C=O) groups excluding carboxylic acids is 1. The number of hydrogen-bond acceptors (Lipinski definition) is 4. The second-order valence-electron chi connectivity index (χ2n) is 6.07. The number of rotatable bonds is 8. The summed E-state index contributed by atoms with van der Waals surface area (Å²) >= 11 is 6.12. The number of likely N-dealkylation sites (N-methyl/N-ethyl adjacent to an activating group) is 1. The van der Waals surface area contributed by atoms with Gasteiger partial charge in [0.1, 0.15) is 0 Å². The first-order valence-electron chi connectivity index (χ1n) is 8.14. The van der Waals surface area contributed by atoms with Crippen molar-refractivity contribution in [1.82, 2.24) is 4.90 Å². The summed E-state index contributed by atoms with van der Waals surface area (Å²) < 4.78 is 34.2. The van der Waals surface area contributed by atoms with Gasteiger partial charge >= 0.3 is 6.61 Å². The van der Waals surface area contributed by atoms with E-state index in [4.69, 9.17) is 16.3 Å². The van der Waals surface area contributed by atoms with Crippen LogP contribution in [-0.4, -0.2) is 38.1 Å². The molecule has 2 aromatic rings. The van der Waals surface area contributed by atoms with Crippen molar-refractivity contribution in [1.29, 1.82) is 0 Å². The molecule has 0 bridgehead atoms. The molecule has 0 atom stereocenters. The lowest BCUT2D eigenvalue weighted by molar-refractivity contribution is -0.117. The Labute approximate surface area is 161 Å². The first kappa shape index (κ1) is 20.9. The summed E-state index contributed by atoms with van der Waals surface area (Å²) in [7, 11) is 3.15. The van der Waals surface area contributed by atoms with E-state index in [0.29, 0.717) is 17.3 Å². The normalized spacial score (nSPS) is 11.0. The molecule has 8 heteroatoms. The Morgan fingerprint density at radius 2 is 1.96 bits per heavy atom. The summed E-state index contributed by atoms with van der Waals surface area (Å²) in [6.45, 7) is -0.469. The minimum Gasteiger partial charge on any atom is -0.493 e. The van der Waals surface area contributed by atoms with E-state index < -0.39 is 6.61 Å².